The van der Waals surface area contributed by atoms with Crippen molar-refractivity contribution in [1.82, 2.24) is 0 Å². The summed E-state index contributed by atoms with van der Waals surface area (Å²) in [7, 11) is 0. The molecule has 0 aromatic carbocycles. The SMILES string of the molecule is CCCCCCCCC=CCCCCCCC(CCCCCCCCCCCC)C(=O)OC(=O)C(CCCCCCC=CCCCCCCCC)CCCCCCCCCCCC. The molecule has 0 N–H and O–H groups in total. The van der Waals surface area contributed by atoms with E-state index >= 15 is 0 Å². The van der Waals surface area contributed by atoms with E-state index in [1.165, 1.54) is 244 Å². The summed E-state index contributed by atoms with van der Waals surface area (Å²) >= 11 is 0. The third kappa shape index (κ3) is 46.9. The molecule has 3 heteroatoms. The van der Waals surface area contributed by atoms with Crippen LogP contribution in [0.15, 0.2) is 24.3 Å². The number of unbranched alkanes of at least 4 members (excludes halogenated alkanes) is 38. The molecule has 3 nitrogen and oxygen atoms in total. The molecule has 0 aromatic heterocycles. The van der Waals surface area contributed by atoms with Crippen molar-refractivity contribution in [3.8, 4) is 0 Å². The molecule has 0 spiro atoms. The van der Waals surface area contributed by atoms with Crippen LogP contribution < -0.4 is 0 Å². The number of hydrogen-bond donors (Lipinski definition) is 0. The fraction of sp³-hybridized carbons (Fsp3) is 0.900. The van der Waals surface area contributed by atoms with Gasteiger partial charge < -0.3 is 4.74 Å². The van der Waals surface area contributed by atoms with Crippen LogP contribution in [0, 0.1) is 11.8 Å². The first kappa shape index (κ1) is 61.6. The lowest BCUT2D eigenvalue weighted by atomic mass is 9.93. The predicted octanol–water partition coefficient (Wildman–Crippen LogP) is 21.2. The summed E-state index contributed by atoms with van der Waals surface area (Å²) in [6.07, 6.45) is 69.5. The maximum absolute atomic E-state index is 13.8. The van der Waals surface area contributed by atoms with E-state index in [-0.39, 0.29) is 23.8 Å². The van der Waals surface area contributed by atoms with Gasteiger partial charge in [0.05, 0.1) is 11.8 Å². The van der Waals surface area contributed by atoms with Crippen LogP contribution in [0.4, 0.5) is 0 Å². The molecule has 0 heterocycles. The zero-order valence-electron chi connectivity index (χ0n) is 43.6. The minimum atomic E-state index is -0.214. The summed E-state index contributed by atoms with van der Waals surface area (Å²) < 4.78 is 5.90. The Morgan fingerprint density at radius 1 is 0.270 bits per heavy atom. The second-order valence-corrected chi connectivity index (χ2v) is 20.1. The van der Waals surface area contributed by atoms with Gasteiger partial charge in [-0.15, -0.1) is 0 Å². The normalized spacial score (nSPS) is 12.8. The van der Waals surface area contributed by atoms with Gasteiger partial charge >= 0.3 is 11.9 Å². The summed E-state index contributed by atoms with van der Waals surface area (Å²) in [6, 6.07) is 0. The van der Waals surface area contributed by atoms with Gasteiger partial charge in [0.25, 0.3) is 0 Å². The van der Waals surface area contributed by atoms with Gasteiger partial charge in [-0.25, -0.2) is 0 Å². The number of hydrogen-bond acceptors (Lipinski definition) is 3. The molecule has 0 rings (SSSR count). The van der Waals surface area contributed by atoms with Gasteiger partial charge in [0.15, 0.2) is 0 Å². The Kier molecular flexibility index (Phi) is 52.1. The molecule has 0 aliphatic heterocycles. The Labute approximate surface area is 396 Å². The average Bonchev–Trinajstić information content (AvgIpc) is 3.28. The van der Waals surface area contributed by atoms with E-state index in [1.807, 2.05) is 0 Å². The number of esters is 2. The standard InChI is InChI=1S/C60H114O3/c1-5-9-13-17-21-25-29-31-33-35-39-43-47-51-55-57(53-49-45-41-37-27-23-19-15-11-7-3)59(61)63-60(62)58(54-50-46-42-38-28-24-20-16-12-8-4)56-52-48-44-40-36-34-32-30-26-22-18-14-10-6-2/h31-34,57-58H,5-30,35-56H2,1-4H3. The summed E-state index contributed by atoms with van der Waals surface area (Å²) in [5.41, 5.74) is 0. The Morgan fingerprint density at radius 3 is 0.651 bits per heavy atom. The van der Waals surface area contributed by atoms with Crippen LogP contribution in [-0.4, -0.2) is 11.9 Å². The van der Waals surface area contributed by atoms with Gasteiger partial charge in [-0.1, -0.05) is 283 Å². The smallest absolute Gasteiger partial charge is 0.316 e. The van der Waals surface area contributed by atoms with Crippen LogP contribution in [0.2, 0.25) is 0 Å². The van der Waals surface area contributed by atoms with Crippen molar-refractivity contribution in [3.63, 3.8) is 0 Å². The van der Waals surface area contributed by atoms with Gasteiger partial charge in [0, 0.05) is 0 Å². The van der Waals surface area contributed by atoms with Gasteiger partial charge in [-0.3, -0.25) is 9.59 Å². The number of carbonyl (C=O) groups is 2. The Hall–Kier alpha value is -1.38. The number of rotatable bonds is 52. The van der Waals surface area contributed by atoms with Gasteiger partial charge in [-0.2, -0.15) is 0 Å². The predicted molar refractivity (Wildman–Crippen MR) is 281 cm³/mol. The van der Waals surface area contributed by atoms with Crippen LogP contribution in [0.5, 0.6) is 0 Å². The first-order valence-corrected chi connectivity index (χ1v) is 29.2. The highest BCUT2D eigenvalue weighted by Gasteiger charge is 2.27. The second kappa shape index (κ2) is 53.2. The molecule has 0 saturated carbocycles. The molecule has 372 valence electrons. The molecule has 0 fully saturated rings. The van der Waals surface area contributed by atoms with Crippen LogP contribution in [0.25, 0.3) is 0 Å². The Balaban J connectivity index is 5.02. The van der Waals surface area contributed by atoms with Gasteiger partial charge in [0.2, 0.25) is 0 Å². The topological polar surface area (TPSA) is 43.4 Å². The summed E-state index contributed by atoms with van der Waals surface area (Å²) in [5, 5.41) is 0. The summed E-state index contributed by atoms with van der Waals surface area (Å²) in [5.74, 6) is -0.691. The van der Waals surface area contributed by atoms with Crippen LogP contribution in [0.1, 0.15) is 336 Å². The minimum absolute atomic E-state index is 0.132. The molecule has 0 aliphatic rings. The fourth-order valence-corrected chi connectivity index (χ4v) is 9.35. The molecule has 2 unspecified atom stereocenters. The molecular weight excluding hydrogens is 769 g/mol. The lowest BCUT2D eigenvalue weighted by Gasteiger charge is -2.19. The van der Waals surface area contributed by atoms with E-state index in [0.717, 1.165) is 64.2 Å². The van der Waals surface area contributed by atoms with Crippen molar-refractivity contribution in [2.75, 3.05) is 0 Å². The zero-order chi connectivity index (χ0) is 45.8. The van der Waals surface area contributed by atoms with E-state index in [0.29, 0.717) is 0 Å². The molecule has 63 heavy (non-hydrogen) atoms. The molecule has 0 aromatic rings. The highest BCUT2D eigenvalue weighted by Crippen LogP contribution is 2.25. The molecule has 0 amide bonds. The van der Waals surface area contributed by atoms with Crippen LogP contribution in [0.3, 0.4) is 0 Å². The van der Waals surface area contributed by atoms with Crippen molar-refractivity contribution in [2.24, 2.45) is 11.8 Å². The third-order valence-corrected chi connectivity index (χ3v) is 13.8. The van der Waals surface area contributed by atoms with Crippen molar-refractivity contribution >= 4 is 11.9 Å². The van der Waals surface area contributed by atoms with E-state index in [2.05, 4.69) is 52.0 Å². The van der Waals surface area contributed by atoms with Gasteiger partial charge in [-0.05, 0) is 77.0 Å². The van der Waals surface area contributed by atoms with Gasteiger partial charge in [0.1, 0.15) is 0 Å². The number of allylic oxidation sites excluding steroid dienone is 4. The van der Waals surface area contributed by atoms with Crippen molar-refractivity contribution in [3.05, 3.63) is 24.3 Å². The fourth-order valence-electron chi connectivity index (χ4n) is 9.35. The largest absolute Gasteiger partial charge is 0.393 e. The van der Waals surface area contributed by atoms with Crippen LogP contribution in [-0.2, 0) is 14.3 Å². The third-order valence-electron chi connectivity index (χ3n) is 13.8. The second-order valence-electron chi connectivity index (χ2n) is 20.1. The molecule has 0 aliphatic carbocycles. The monoisotopic (exact) mass is 883 g/mol. The summed E-state index contributed by atoms with van der Waals surface area (Å²) in [4.78, 5) is 27.6. The highest BCUT2D eigenvalue weighted by molar-refractivity contribution is 5.87. The van der Waals surface area contributed by atoms with Crippen LogP contribution >= 0.6 is 0 Å². The average molecular weight is 884 g/mol. The van der Waals surface area contributed by atoms with E-state index < -0.39 is 0 Å². The molecule has 0 saturated heterocycles. The summed E-state index contributed by atoms with van der Waals surface area (Å²) in [6.45, 7) is 9.14. The maximum Gasteiger partial charge on any atom is 0.316 e. The number of ether oxygens (including phenoxy) is 1. The highest BCUT2D eigenvalue weighted by atomic mass is 16.6. The molecule has 2 atom stereocenters. The number of carbonyl (C=O) groups excluding carboxylic acids is 2. The molecule has 0 radical (unpaired) electrons. The maximum atomic E-state index is 13.8. The molecular formula is C60H114O3. The first-order valence-electron chi connectivity index (χ1n) is 29.2. The van der Waals surface area contributed by atoms with Crippen molar-refractivity contribution in [2.45, 2.75) is 336 Å². The Morgan fingerprint density at radius 2 is 0.444 bits per heavy atom. The minimum Gasteiger partial charge on any atom is -0.393 e. The lowest BCUT2D eigenvalue weighted by Crippen LogP contribution is -2.26. The van der Waals surface area contributed by atoms with E-state index in [9.17, 15) is 9.59 Å². The first-order chi connectivity index (χ1) is 31.1. The quantitative estimate of drug-likeness (QED) is 0.0265. The lowest BCUT2D eigenvalue weighted by molar-refractivity contribution is -0.166. The van der Waals surface area contributed by atoms with Crippen molar-refractivity contribution < 1.29 is 14.3 Å². The van der Waals surface area contributed by atoms with E-state index in [4.69, 9.17) is 4.74 Å². The van der Waals surface area contributed by atoms with Crippen molar-refractivity contribution in [1.29, 1.82) is 0 Å². The zero-order valence-corrected chi connectivity index (χ0v) is 43.6. The Bertz CT molecular complexity index is 890. The molecule has 0 bridgehead atoms. The van der Waals surface area contributed by atoms with E-state index in [1.54, 1.807) is 0 Å².